The number of hydrogen-bond donors (Lipinski definition) is 0. The van der Waals surface area contributed by atoms with Crippen molar-refractivity contribution >= 4 is 6.29 Å². The van der Waals surface area contributed by atoms with E-state index in [-0.39, 0.29) is 5.56 Å². The molecular formula is C10H11FO. The second kappa shape index (κ2) is 3.48. The SMILES string of the molecule is CC(C)c1ccc(F)c(C=O)c1. The van der Waals surface area contributed by atoms with Crippen LogP contribution >= 0.6 is 0 Å². The standard InChI is InChI=1S/C10H11FO/c1-7(2)8-3-4-10(11)9(5-8)6-12/h3-7H,1-2H3. The van der Waals surface area contributed by atoms with Gasteiger partial charge in [0.25, 0.3) is 0 Å². The molecule has 0 unspecified atom stereocenters. The minimum absolute atomic E-state index is 0.140. The highest BCUT2D eigenvalue weighted by atomic mass is 19.1. The van der Waals surface area contributed by atoms with Crippen molar-refractivity contribution in [3.05, 3.63) is 35.1 Å². The predicted octanol–water partition coefficient (Wildman–Crippen LogP) is 2.76. The van der Waals surface area contributed by atoms with Gasteiger partial charge in [-0.1, -0.05) is 19.9 Å². The van der Waals surface area contributed by atoms with Gasteiger partial charge in [0.1, 0.15) is 5.82 Å². The molecule has 0 aliphatic rings. The van der Waals surface area contributed by atoms with E-state index in [2.05, 4.69) is 0 Å². The third kappa shape index (κ3) is 1.70. The van der Waals surface area contributed by atoms with Crippen LogP contribution in [-0.2, 0) is 0 Å². The van der Waals surface area contributed by atoms with Crippen LogP contribution in [0.5, 0.6) is 0 Å². The third-order valence-corrected chi connectivity index (χ3v) is 1.81. The smallest absolute Gasteiger partial charge is 0.153 e. The molecule has 0 radical (unpaired) electrons. The first-order valence-electron chi connectivity index (χ1n) is 3.89. The molecule has 0 aliphatic heterocycles. The molecule has 0 aromatic heterocycles. The van der Waals surface area contributed by atoms with Gasteiger partial charge in [-0.3, -0.25) is 4.79 Å². The molecule has 0 N–H and O–H groups in total. The van der Waals surface area contributed by atoms with Gasteiger partial charge < -0.3 is 0 Å². The third-order valence-electron chi connectivity index (χ3n) is 1.81. The topological polar surface area (TPSA) is 17.1 Å². The van der Waals surface area contributed by atoms with Gasteiger partial charge in [0.15, 0.2) is 6.29 Å². The molecule has 64 valence electrons. The second-order valence-electron chi connectivity index (χ2n) is 3.05. The minimum atomic E-state index is -0.450. The Morgan fingerprint density at radius 2 is 2.08 bits per heavy atom. The Morgan fingerprint density at radius 1 is 1.42 bits per heavy atom. The molecule has 1 nitrogen and oxygen atoms in total. The summed E-state index contributed by atoms with van der Waals surface area (Å²) in [5, 5.41) is 0. The van der Waals surface area contributed by atoms with Crippen molar-refractivity contribution in [2.24, 2.45) is 0 Å². The fourth-order valence-electron chi connectivity index (χ4n) is 1.01. The summed E-state index contributed by atoms with van der Waals surface area (Å²) in [5.41, 5.74) is 1.12. The summed E-state index contributed by atoms with van der Waals surface area (Å²) >= 11 is 0. The highest BCUT2D eigenvalue weighted by molar-refractivity contribution is 5.75. The number of carbonyl (C=O) groups excluding carboxylic acids is 1. The van der Waals surface area contributed by atoms with Crippen molar-refractivity contribution in [1.29, 1.82) is 0 Å². The Labute approximate surface area is 71.2 Å². The van der Waals surface area contributed by atoms with Gasteiger partial charge in [0.05, 0.1) is 5.56 Å². The lowest BCUT2D eigenvalue weighted by atomic mass is 10.0. The largest absolute Gasteiger partial charge is 0.298 e. The molecule has 12 heavy (non-hydrogen) atoms. The summed E-state index contributed by atoms with van der Waals surface area (Å²) in [5.74, 6) is -0.126. The van der Waals surface area contributed by atoms with E-state index in [1.807, 2.05) is 13.8 Å². The van der Waals surface area contributed by atoms with E-state index in [9.17, 15) is 9.18 Å². The molecule has 1 rings (SSSR count). The maximum absolute atomic E-state index is 12.8. The molecule has 2 heteroatoms. The number of halogens is 1. The molecule has 0 spiro atoms. The molecule has 0 fully saturated rings. The van der Waals surface area contributed by atoms with Crippen LogP contribution in [0.25, 0.3) is 0 Å². The van der Waals surface area contributed by atoms with Gasteiger partial charge in [0.2, 0.25) is 0 Å². The fourth-order valence-corrected chi connectivity index (χ4v) is 1.01. The molecule has 0 amide bonds. The average molecular weight is 166 g/mol. The highest BCUT2D eigenvalue weighted by Crippen LogP contribution is 2.16. The molecule has 0 atom stereocenters. The van der Waals surface area contributed by atoms with E-state index in [0.29, 0.717) is 12.2 Å². The number of hydrogen-bond acceptors (Lipinski definition) is 1. The summed E-state index contributed by atoms with van der Waals surface area (Å²) in [6.07, 6.45) is 0.543. The van der Waals surface area contributed by atoms with Crippen molar-refractivity contribution in [1.82, 2.24) is 0 Å². The number of benzene rings is 1. The zero-order chi connectivity index (χ0) is 9.14. The van der Waals surface area contributed by atoms with Crippen molar-refractivity contribution in [3.63, 3.8) is 0 Å². The van der Waals surface area contributed by atoms with Crippen LogP contribution in [0.3, 0.4) is 0 Å². The van der Waals surface area contributed by atoms with E-state index in [0.717, 1.165) is 5.56 Å². The normalized spacial score (nSPS) is 10.3. The molecule has 0 heterocycles. The summed E-state index contributed by atoms with van der Waals surface area (Å²) in [7, 11) is 0. The fraction of sp³-hybridized carbons (Fsp3) is 0.300. The lowest BCUT2D eigenvalue weighted by molar-refractivity contribution is 0.111. The molecule has 0 saturated carbocycles. The summed E-state index contributed by atoms with van der Waals surface area (Å²) < 4.78 is 12.8. The van der Waals surface area contributed by atoms with E-state index < -0.39 is 5.82 Å². The van der Waals surface area contributed by atoms with E-state index in [4.69, 9.17) is 0 Å². The van der Waals surface area contributed by atoms with Gasteiger partial charge >= 0.3 is 0 Å². The molecule has 0 bridgehead atoms. The van der Waals surface area contributed by atoms with Crippen molar-refractivity contribution in [3.8, 4) is 0 Å². The van der Waals surface area contributed by atoms with Crippen molar-refractivity contribution in [2.45, 2.75) is 19.8 Å². The van der Waals surface area contributed by atoms with Gasteiger partial charge in [-0.2, -0.15) is 0 Å². The zero-order valence-electron chi connectivity index (χ0n) is 7.17. The Morgan fingerprint density at radius 3 is 2.58 bits per heavy atom. The van der Waals surface area contributed by atoms with Gasteiger partial charge in [-0.15, -0.1) is 0 Å². The van der Waals surface area contributed by atoms with Crippen LogP contribution in [0.2, 0.25) is 0 Å². The Bertz CT molecular complexity index is 292. The lowest BCUT2D eigenvalue weighted by Gasteiger charge is -2.05. The van der Waals surface area contributed by atoms with E-state index >= 15 is 0 Å². The minimum Gasteiger partial charge on any atom is -0.298 e. The van der Waals surface area contributed by atoms with Crippen molar-refractivity contribution < 1.29 is 9.18 Å². The molecule has 1 aromatic carbocycles. The van der Waals surface area contributed by atoms with Crippen LogP contribution < -0.4 is 0 Å². The molecule has 0 aliphatic carbocycles. The molecule has 0 saturated heterocycles. The maximum Gasteiger partial charge on any atom is 0.153 e. The first-order chi connectivity index (χ1) is 5.65. The Balaban J connectivity index is 3.13. The average Bonchev–Trinajstić information content (AvgIpc) is 2.05. The zero-order valence-corrected chi connectivity index (χ0v) is 7.17. The first kappa shape index (κ1) is 8.91. The van der Waals surface area contributed by atoms with Crippen LogP contribution in [-0.4, -0.2) is 6.29 Å². The predicted molar refractivity (Wildman–Crippen MR) is 45.9 cm³/mol. The lowest BCUT2D eigenvalue weighted by Crippen LogP contribution is -1.93. The van der Waals surface area contributed by atoms with Gasteiger partial charge in [-0.25, -0.2) is 4.39 Å². The summed E-state index contributed by atoms with van der Waals surface area (Å²) in [4.78, 5) is 10.4. The summed E-state index contributed by atoms with van der Waals surface area (Å²) in [6.45, 7) is 4.00. The van der Waals surface area contributed by atoms with Crippen molar-refractivity contribution in [2.75, 3.05) is 0 Å². The van der Waals surface area contributed by atoms with Gasteiger partial charge in [0, 0.05) is 0 Å². The summed E-state index contributed by atoms with van der Waals surface area (Å²) in [6, 6.07) is 4.62. The quantitative estimate of drug-likeness (QED) is 0.617. The number of rotatable bonds is 2. The first-order valence-corrected chi connectivity index (χ1v) is 3.89. The highest BCUT2D eigenvalue weighted by Gasteiger charge is 2.04. The number of carbonyl (C=O) groups is 1. The Hall–Kier alpha value is -1.18. The molecule has 1 aromatic rings. The van der Waals surface area contributed by atoms with Gasteiger partial charge in [-0.05, 0) is 23.6 Å². The van der Waals surface area contributed by atoms with Crippen LogP contribution in [0.1, 0.15) is 35.7 Å². The van der Waals surface area contributed by atoms with E-state index in [1.54, 1.807) is 12.1 Å². The van der Waals surface area contributed by atoms with E-state index in [1.165, 1.54) is 6.07 Å². The number of aldehydes is 1. The second-order valence-corrected chi connectivity index (χ2v) is 3.05. The van der Waals surface area contributed by atoms with Crippen LogP contribution in [0.15, 0.2) is 18.2 Å². The van der Waals surface area contributed by atoms with Crippen LogP contribution in [0, 0.1) is 5.82 Å². The monoisotopic (exact) mass is 166 g/mol. The van der Waals surface area contributed by atoms with Crippen LogP contribution in [0.4, 0.5) is 4.39 Å². The maximum atomic E-state index is 12.8. The molecular weight excluding hydrogens is 155 g/mol. The Kier molecular flexibility index (Phi) is 2.58.